The number of rotatable bonds is 20. The van der Waals surface area contributed by atoms with Crippen LogP contribution in [-0.4, -0.2) is 116 Å². The van der Waals surface area contributed by atoms with Crippen LogP contribution in [0.25, 0.3) is 34.4 Å². The van der Waals surface area contributed by atoms with Crippen molar-refractivity contribution in [2.24, 2.45) is 92.7 Å². The Balaban J connectivity index is 0.00000148. The summed E-state index contributed by atoms with van der Waals surface area (Å²) < 4.78 is 12.3. The van der Waals surface area contributed by atoms with Crippen LogP contribution >= 0.6 is 0 Å². The number of carboxylic acid groups (broad SMARTS) is 2. The first-order chi connectivity index (χ1) is 46.5. The molecule has 0 spiro atoms. The van der Waals surface area contributed by atoms with Crippen LogP contribution in [0.4, 0.5) is 0 Å². The van der Waals surface area contributed by atoms with Crippen LogP contribution < -0.4 is 0 Å². The summed E-state index contributed by atoms with van der Waals surface area (Å²) in [6, 6.07) is -0.479. The van der Waals surface area contributed by atoms with Crippen LogP contribution in [0.5, 0.6) is 0 Å². The van der Waals surface area contributed by atoms with Crippen LogP contribution in [0.2, 0.25) is 0 Å². The fraction of sp³-hybridized carbons (Fsp3) is 0.833. The molecule has 616 valence electrons. The van der Waals surface area contributed by atoms with E-state index in [0.29, 0.717) is 34.9 Å². The molecule has 0 aromatic heterocycles. The van der Waals surface area contributed by atoms with E-state index in [1.807, 2.05) is 0 Å². The first-order valence-corrected chi connectivity index (χ1v) is 40.0. The Morgan fingerprint density at radius 2 is 0.743 bits per heavy atom. The number of hydrogen-bond donors (Lipinski definition) is 4. The van der Waals surface area contributed by atoms with Gasteiger partial charge in [-0.05, 0) is 208 Å². The van der Waals surface area contributed by atoms with Crippen molar-refractivity contribution in [1.29, 1.82) is 0 Å². The van der Waals surface area contributed by atoms with Gasteiger partial charge in [0, 0.05) is 0 Å². The van der Waals surface area contributed by atoms with E-state index in [1.165, 1.54) is 166 Å². The molecule has 9 saturated carbocycles. The number of allylic oxidation sites excluding steroid dienone is 4. The molecule has 22 atom stereocenters. The minimum atomic E-state index is -1.15. The smallest absolute Gasteiger partial charge is 0.676 e. The molecule has 0 saturated heterocycles. The maximum atomic E-state index is 10.6. The molecule has 0 aliphatic heterocycles. The van der Waals surface area contributed by atoms with Gasteiger partial charge in [0.05, 0.1) is 37.6 Å². The average molecular weight is 2020 g/mol. The minimum Gasteiger partial charge on any atom is -0.676 e. The summed E-state index contributed by atoms with van der Waals surface area (Å²) in [6.45, 7) is 25.8. The van der Waals surface area contributed by atoms with E-state index in [-0.39, 0.29) is 145 Å². The van der Waals surface area contributed by atoms with Crippen molar-refractivity contribution in [2.45, 2.75) is 336 Å². The Morgan fingerprint density at radius 3 is 1.02 bits per heavy atom. The number of ether oxygens (including phenoxy) is 2. The van der Waals surface area contributed by atoms with Crippen LogP contribution in [0.15, 0.2) is 71.3 Å². The largest absolute Gasteiger partial charge is 2.00 e. The van der Waals surface area contributed by atoms with Gasteiger partial charge in [0.2, 0.25) is 0 Å². The molecule has 0 amide bonds. The maximum Gasteiger partial charge on any atom is 2.00 e. The summed E-state index contributed by atoms with van der Waals surface area (Å²) in [5.41, 5.74) is 48.7. The third-order valence-corrected chi connectivity index (χ3v) is 27.8. The van der Waals surface area contributed by atoms with Crippen molar-refractivity contribution in [1.82, 2.24) is 0 Å². The molecule has 0 heterocycles. The van der Waals surface area contributed by atoms with Crippen molar-refractivity contribution >= 4 is 11.9 Å². The van der Waals surface area contributed by atoms with Gasteiger partial charge < -0.3 is 86.2 Å². The number of carbonyl (C=O) groups is 2. The van der Waals surface area contributed by atoms with Crippen molar-refractivity contribution in [3.63, 3.8) is 0 Å². The summed E-state index contributed by atoms with van der Waals surface area (Å²) in [4.78, 5) is 21.3. The first kappa shape index (κ1) is 104. The van der Waals surface area contributed by atoms with E-state index in [9.17, 15) is 19.8 Å². The molecule has 18 nitrogen and oxygen atoms in total. The van der Waals surface area contributed by atoms with Crippen LogP contribution in [0.3, 0.4) is 0 Å². The van der Waals surface area contributed by atoms with E-state index < -0.39 is 11.9 Å². The van der Waals surface area contributed by atoms with E-state index in [1.54, 1.807) is 23.3 Å². The van der Waals surface area contributed by atoms with Gasteiger partial charge in [-0.2, -0.15) is 36.3 Å². The fourth-order valence-corrected chi connectivity index (χ4v) is 22.1. The summed E-state index contributed by atoms with van der Waals surface area (Å²) in [6.07, 6.45) is 55.1. The molecule has 12 unspecified atom stereocenters. The molecule has 105 heavy (non-hydrogen) atoms. The Morgan fingerprint density at radius 1 is 0.438 bits per heavy atom. The normalized spacial score (nSPS) is 36.4. The molecule has 9 fully saturated rings. The van der Waals surface area contributed by atoms with Crippen molar-refractivity contribution in [3.8, 4) is 0 Å². The number of aliphatic hydroxyl groups excluding tert-OH is 2. The van der Waals surface area contributed by atoms with E-state index >= 15 is 0 Å². The molecule has 21 heteroatoms. The topological polar surface area (TPSA) is 402 Å². The number of aliphatic carboxylic acids is 2. The Labute approximate surface area is 679 Å². The number of fused-ring (bicyclic) bond motifs is 10. The molecule has 11 aliphatic rings. The summed E-state index contributed by atoms with van der Waals surface area (Å²) in [5.74, 6) is 7.51. The molecule has 11 rings (SSSR count). The molecule has 11 aliphatic carbocycles. The molecule has 0 radical (unpaired) electrons. The summed E-state index contributed by atoms with van der Waals surface area (Å²) in [7, 11) is 0. The quantitative estimate of drug-likeness (QED) is 0.0392. The second kappa shape index (κ2) is 49.3. The molecular formula is C84H148N6O12Pt3. The minimum absolute atomic E-state index is 0. The van der Waals surface area contributed by atoms with Crippen LogP contribution in [-0.2, 0) is 82.3 Å². The Kier molecular flexibility index (Phi) is 48.6. The summed E-state index contributed by atoms with van der Waals surface area (Å²) >= 11 is 0. The van der Waals surface area contributed by atoms with Gasteiger partial charge in [0.15, 0.2) is 0 Å². The zero-order valence-electron chi connectivity index (χ0n) is 66.0. The molecule has 0 bridgehead atoms. The van der Waals surface area contributed by atoms with Gasteiger partial charge in [-0.3, -0.25) is 0 Å². The van der Waals surface area contributed by atoms with E-state index in [2.05, 4.69) is 81.4 Å². The molecule has 0 aromatic carbocycles. The van der Waals surface area contributed by atoms with Gasteiger partial charge in [0.1, 0.15) is 11.5 Å². The Bertz CT molecular complexity index is 2460. The molecule has 0 aromatic rings. The van der Waals surface area contributed by atoms with E-state index in [0.717, 1.165) is 147 Å². The fourth-order valence-electron chi connectivity index (χ4n) is 22.1. The SMILES string of the molecule is CC(C)CCC[C@@H](C)[C@H]1CCC2C3CC=C4C[C@@H](OC/C=C/C(O)=C/C(=O)O)CC[C@]4(C)C3CC[C@@]21C.CC(C)CCC[C@@H](C)[C@H]1CCC2C3CC=C4C[C@@H](OC/C=C/C(O)=CC(=O)O)CC[C@]4(C)C3CC[C@@]21C.O.O.O.O.[NH-]C1CCCCC1[NH-].[NH-]C1CCCCC1[NH-].[NH-]C1CCCCC1[NH-].[Pt+2].[Pt+2].[Pt+2]. The van der Waals surface area contributed by atoms with Crippen molar-refractivity contribution < 1.29 is 125 Å². The number of aliphatic hydroxyl groups is 2. The predicted octanol–water partition coefficient (Wildman–Crippen LogP) is 20.9. The van der Waals surface area contributed by atoms with E-state index in [4.69, 9.17) is 54.1 Å². The zero-order chi connectivity index (χ0) is 71.5. The van der Waals surface area contributed by atoms with Gasteiger partial charge >= 0.3 is 75.1 Å². The second-order valence-electron chi connectivity index (χ2n) is 35.1. The standard InChI is InChI=1S/2C33H52O4.3C6H12N2.4H2O.3Pt/c2*1-22(2)8-6-9-23(3)28-13-14-29-27-12-11-24-20-26(37-19-7-10-25(34)21-31(35)36)15-17-32(24,4)30(27)16-18-33(28,29)5;3*7-5-3-1-2-4-6(5)8;;;;;;;/h2*7,10-11,21-23,26-30,34H,6,8-9,12-20H2,1-5H3,(H,35,36);3*5-8H,1-4H2;4*1H2;;;/q;;3*-2;;;;;3*+2/b10-7+,25-21?;10-7+,25-21-;;;;;;;;;;/t2*23-,26+,27?,28-,29?,30?,32+,33-;;;;;;;;;;/m11........../s1. The first-order valence-electron chi connectivity index (χ1n) is 40.0. The van der Waals surface area contributed by atoms with Crippen LogP contribution in [0, 0.1) is 92.7 Å². The molecule has 18 N–H and O–H groups in total. The third-order valence-electron chi connectivity index (χ3n) is 27.8. The van der Waals surface area contributed by atoms with Gasteiger partial charge in [-0.15, -0.1) is 0 Å². The molecular weight excluding hydrogens is 1870 g/mol. The number of hydrogen-bond acceptors (Lipinski definition) is 6. The monoisotopic (exact) mass is 2020 g/mol. The maximum absolute atomic E-state index is 10.6. The van der Waals surface area contributed by atoms with Gasteiger partial charge in [-0.25, -0.2) is 9.59 Å². The van der Waals surface area contributed by atoms with Gasteiger partial charge in [0.25, 0.3) is 0 Å². The van der Waals surface area contributed by atoms with Gasteiger partial charge in [-0.1, -0.05) is 220 Å². The number of nitrogens with one attached hydrogen (secondary N) is 6. The average Bonchev–Trinajstić information content (AvgIpc) is 1.60. The van der Waals surface area contributed by atoms with Crippen LogP contribution in [0.1, 0.15) is 288 Å². The predicted molar refractivity (Wildman–Crippen MR) is 419 cm³/mol. The summed E-state index contributed by atoms with van der Waals surface area (Å²) in [5, 5.41) is 36.5. The van der Waals surface area contributed by atoms with Crippen molar-refractivity contribution in [2.75, 3.05) is 13.2 Å². The van der Waals surface area contributed by atoms with Crippen molar-refractivity contribution in [3.05, 3.63) is 106 Å². The Hall–Kier alpha value is -1.44. The number of carboxylic acids is 2. The third kappa shape index (κ3) is 28.9. The zero-order valence-corrected chi connectivity index (χ0v) is 72.8. The second-order valence-corrected chi connectivity index (χ2v) is 35.1.